The van der Waals surface area contributed by atoms with Crippen LogP contribution in [-0.2, 0) is 12.3 Å². The lowest BCUT2D eigenvalue weighted by Gasteiger charge is -1.97. The normalized spacial score (nSPS) is 10.6. The van der Waals surface area contributed by atoms with Gasteiger partial charge in [-0.05, 0) is 24.3 Å². The maximum atomic E-state index is 12.6. The first-order valence-corrected chi connectivity index (χ1v) is 5.66. The fourth-order valence-electron chi connectivity index (χ4n) is 1.11. The third-order valence-electron chi connectivity index (χ3n) is 1.87. The van der Waals surface area contributed by atoms with Crippen LogP contribution in [0, 0.1) is 5.82 Å². The molecule has 2 N–H and O–H groups in total. The van der Waals surface area contributed by atoms with Gasteiger partial charge in [0.25, 0.3) is 0 Å². The second-order valence-electron chi connectivity index (χ2n) is 3.05. The van der Waals surface area contributed by atoms with E-state index in [0.717, 1.165) is 4.90 Å². The molecule has 0 aliphatic rings. The van der Waals surface area contributed by atoms with Crippen LogP contribution in [0.1, 0.15) is 11.7 Å². The number of hydrogen-bond donors (Lipinski definition) is 1. The summed E-state index contributed by atoms with van der Waals surface area (Å²) in [4.78, 5) is 5.02. The van der Waals surface area contributed by atoms with E-state index in [1.165, 1.54) is 23.9 Å². The van der Waals surface area contributed by atoms with Crippen molar-refractivity contribution in [2.45, 2.75) is 17.2 Å². The van der Waals surface area contributed by atoms with E-state index in [1.807, 2.05) is 0 Å². The maximum Gasteiger partial charge on any atom is 0.240 e. The van der Waals surface area contributed by atoms with Gasteiger partial charge in [0, 0.05) is 4.90 Å². The first kappa shape index (κ1) is 11.1. The van der Waals surface area contributed by atoms with Gasteiger partial charge in [-0.25, -0.2) is 4.39 Å². The molecular formula is C10H10FN3OS. The number of nitrogens with zero attached hydrogens (tertiary/aromatic N) is 2. The molecule has 2 rings (SSSR count). The first-order chi connectivity index (χ1) is 7.78. The molecule has 0 atom stereocenters. The molecular weight excluding hydrogens is 229 g/mol. The van der Waals surface area contributed by atoms with Crippen LogP contribution in [0.5, 0.6) is 0 Å². The third kappa shape index (κ3) is 2.80. The van der Waals surface area contributed by atoms with Gasteiger partial charge in [0.05, 0.1) is 12.3 Å². The smallest absolute Gasteiger partial charge is 0.240 e. The van der Waals surface area contributed by atoms with Gasteiger partial charge in [0.1, 0.15) is 5.82 Å². The molecule has 6 heteroatoms. The van der Waals surface area contributed by atoms with Crippen molar-refractivity contribution >= 4 is 11.8 Å². The van der Waals surface area contributed by atoms with Crippen molar-refractivity contribution in [3.05, 3.63) is 41.8 Å². The summed E-state index contributed by atoms with van der Waals surface area (Å²) in [6.45, 7) is 0.244. The second kappa shape index (κ2) is 5.09. The zero-order valence-electron chi connectivity index (χ0n) is 8.39. The van der Waals surface area contributed by atoms with E-state index in [9.17, 15) is 4.39 Å². The van der Waals surface area contributed by atoms with Crippen LogP contribution in [-0.4, -0.2) is 10.1 Å². The van der Waals surface area contributed by atoms with E-state index in [1.54, 1.807) is 12.1 Å². The van der Waals surface area contributed by atoms with Crippen LogP contribution in [0.2, 0.25) is 0 Å². The minimum Gasteiger partial charge on any atom is -0.338 e. The van der Waals surface area contributed by atoms with Crippen molar-refractivity contribution in [1.82, 2.24) is 10.1 Å². The predicted octanol–water partition coefficient (Wildman–Crippen LogP) is 1.96. The molecule has 0 aliphatic heterocycles. The number of rotatable bonds is 4. The molecule has 0 aliphatic carbocycles. The number of benzene rings is 1. The molecule has 0 bridgehead atoms. The lowest BCUT2D eigenvalue weighted by molar-refractivity contribution is 0.376. The van der Waals surface area contributed by atoms with Crippen LogP contribution in [0.25, 0.3) is 0 Å². The number of thioether (sulfide) groups is 1. The minimum absolute atomic E-state index is 0.241. The molecule has 0 spiro atoms. The molecule has 2 aromatic rings. The topological polar surface area (TPSA) is 64.9 Å². The summed E-state index contributed by atoms with van der Waals surface area (Å²) in [6, 6.07) is 6.27. The highest BCUT2D eigenvalue weighted by molar-refractivity contribution is 7.98. The van der Waals surface area contributed by atoms with Gasteiger partial charge < -0.3 is 10.3 Å². The van der Waals surface area contributed by atoms with Gasteiger partial charge in [0.15, 0.2) is 5.82 Å². The van der Waals surface area contributed by atoms with Gasteiger partial charge in [-0.15, -0.1) is 11.8 Å². The highest BCUT2D eigenvalue weighted by Crippen LogP contribution is 2.21. The summed E-state index contributed by atoms with van der Waals surface area (Å²) < 4.78 is 17.5. The molecule has 0 saturated heterocycles. The molecule has 0 fully saturated rings. The summed E-state index contributed by atoms with van der Waals surface area (Å²) in [5.74, 6) is 1.36. The number of hydrogen-bond acceptors (Lipinski definition) is 5. The maximum absolute atomic E-state index is 12.6. The van der Waals surface area contributed by atoms with E-state index in [-0.39, 0.29) is 12.4 Å². The molecule has 16 heavy (non-hydrogen) atoms. The Morgan fingerprint density at radius 1 is 1.31 bits per heavy atom. The second-order valence-corrected chi connectivity index (χ2v) is 4.10. The Kier molecular flexibility index (Phi) is 3.53. The summed E-state index contributed by atoms with van der Waals surface area (Å²) in [5, 5.41) is 3.76. The summed E-state index contributed by atoms with van der Waals surface area (Å²) in [7, 11) is 0. The van der Waals surface area contributed by atoms with E-state index in [0.29, 0.717) is 17.5 Å². The first-order valence-electron chi connectivity index (χ1n) is 4.68. The monoisotopic (exact) mass is 239 g/mol. The van der Waals surface area contributed by atoms with E-state index >= 15 is 0 Å². The molecule has 1 aromatic heterocycles. The van der Waals surface area contributed by atoms with E-state index in [4.69, 9.17) is 10.3 Å². The quantitative estimate of drug-likeness (QED) is 0.826. The van der Waals surface area contributed by atoms with Gasteiger partial charge in [-0.2, -0.15) is 4.98 Å². The van der Waals surface area contributed by atoms with Crippen molar-refractivity contribution in [2.75, 3.05) is 0 Å². The Hall–Kier alpha value is -1.40. The standard InChI is InChI=1S/C10H10FN3OS/c11-7-1-3-8(4-2-7)16-6-9-13-10(5-12)15-14-9/h1-4H,5-6,12H2. The fraction of sp³-hybridized carbons (Fsp3) is 0.200. The highest BCUT2D eigenvalue weighted by atomic mass is 32.2. The largest absolute Gasteiger partial charge is 0.338 e. The molecule has 0 radical (unpaired) electrons. The third-order valence-corrected chi connectivity index (χ3v) is 2.87. The molecule has 0 unspecified atom stereocenters. The average molecular weight is 239 g/mol. The van der Waals surface area contributed by atoms with Gasteiger partial charge in [-0.1, -0.05) is 5.16 Å². The summed E-state index contributed by atoms with van der Waals surface area (Å²) in [6.07, 6.45) is 0. The van der Waals surface area contributed by atoms with Crippen LogP contribution in [0.15, 0.2) is 33.7 Å². The van der Waals surface area contributed by atoms with Gasteiger partial charge in [0.2, 0.25) is 5.89 Å². The molecule has 0 amide bonds. The number of nitrogens with two attached hydrogens (primary N) is 1. The van der Waals surface area contributed by atoms with E-state index in [2.05, 4.69) is 10.1 Å². The zero-order valence-corrected chi connectivity index (χ0v) is 9.21. The summed E-state index contributed by atoms with van der Waals surface area (Å²) in [5.41, 5.74) is 5.34. The van der Waals surface area contributed by atoms with Crippen molar-refractivity contribution in [1.29, 1.82) is 0 Å². The van der Waals surface area contributed by atoms with Gasteiger partial charge >= 0.3 is 0 Å². The Labute approximate surface area is 96.0 Å². The van der Waals surface area contributed by atoms with Crippen LogP contribution in [0.4, 0.5) is 4.39 Å². The van der Waals surface area contributed by atoms with Crippen LogP contribution in [0.3, 0.4) is 0 Å². The molecule has 4 nitrogen and oxygen atoms in total. The Morgan fingerprint density at radius 2 is 2.06 bits per heavy atom. The average Bonchev–Trinajstić information content (AvgIpc) is 2.76. The Balaban J connectivity index is 1.94. The molecule has 0 saturated carbocycles. The van der Waals surface area contributed by atoms with Crippen molar-refractivity contribution in [2.24, 2.45) is 5.73 Å². The Morgan fingerprint density at radius 3 is 2.69 bits per heavy atom. The Bertz CT molecular complexity index is 457. The number of halogens is 1. The van der Waals surface area contributed by atoms with E-state index < -0.39 is 0 Å². The SMILES string of the molecule is NCc1nc(CSc2ccc(F)cc2)no1. The highest BCUT2D eigenvalue weighted by Gasteiger charge is 2.04. The molecule has 84 valence electrons. The van der Waals surface area contributed by atoms with Crippen molar-refractivity contribution in [3.8, 4) is 0 Å². The van der Waals surface area contributed by atoms with Crippen LogP contribution < -0.4 is 5.73 Å². The van der Waals surface area contributed by atoms with Crippen molar-refractivity contribution < 1.29 is 8.91 Å². The number of aromatic nitrogens is 2. The van der Waals surface area contributed by atoms with Gasteiger partial charge in [-0.3, -0.25) is 0 Å². The molecule has 1 heterocycles. The van der Waals surface area contributed by atoms with Crippen molar-refractivity contribution in [3.63, 3.8) is 0 Å². The lowest BCUT2D eigenvalue weighted by Crippen LogP contribution is -1.96. The summed E-state index contributed by atoms with van der Waals surface area (Å²) >= 11 is 1.51. The lowest BCUT2D eigenvalue weighted by atomic mass is 10.4. The zero-order chi connectivity index (χ0) is 11.4. The fourth-order valence-corrected chi connectivity index (χ4v) is 1.85. The van der Waals surface area contributed by atoms with Crippen LogP contribution >= 0.6 is 11.8 Å². The predicted molar refractivity (Wildman–Crippen MR) is 58.2 cm³/mol. The molecule has 1 aromatic carbocycles. The minimum atomic E-state index is -0.241.